The van der Waals surface area contributed by atoms with E-state index in [0.717, 1.165) is 15.8 Å². The molecule has 0 aliphatic carbocycles. The van der Waals surface area contributed by atoms with E-state index in [0.29, 0.717) is 23.8 Å². The summed E-state index contributed by atoms with van der Waals surface area (Å²) < 4.78 is 6.29. The third-order valence-electron chi connectivity index (χ3n) is 2.40. The Balaban J connectivity index is 1.73. The molecule has 0 radical (unpaired) electrons. The van der Waals surface area contributed by atoms with E-state index in [4.69, 9.17) is 4.52 Å². The fraction of sp³-hybridized carbons (Fsp3) is 0.250. The molecule has 6 nitrogen and oxygen atoms in total. The van der Waals surface area contributed by atoms with E-state index in [1.54, 1.807) is 41.4 Å². The van der Waals surface area contributed by atoms with Crippen molar-refractivity contribution in [1.29, 1.82) is 0 Å². The molecular weight excluding hydrogens is 294 g/mol. The summed E-state index contributed by atoms with van der Waals surface area (Å²) in [7, 11) is 0. The molecule has 102 valence electrons. The first-order valence-electron chi connectivity index (χ1n) is 6.03. The molecule has 3 aromatic heterocycles. The second kappa shape index (κ2) is 6.10. The molecule has 3 heterocycles. The zero-order chi connectivity index (χ0) is 13.8. The number of hydrogen-bond acceptors (Lipinski definition) is 8. The number of hydrogen-bond donors (Lipinski definition) is 0. The molecule has 0 spiro atoms. The summed E-state index contributed by atoms with van der Waals surface area (Å²) >= 11 is 3.37. The highest BCUT2D eigenvalue weighted by Gasteiger charge is 2.12. The van der Waals surface area contributed by atoms with Gasteiger partial charge in [-0.1, -0.05) is 23.8 Å². The van der Waals surface area contributed by atoms with E-state index in [-0.39, 0.29) is 0 Å². The number of thiazole rings is 1. The second-order valence-corrected chi connectivity index (χ2v) is 6.20. The number of rotatable bonds is 5. The summed E-state index contributed by atoms with van der Waals surface area (Å²) in [5.41, 5.74) is 1.54. The highest BCUT2D eigenvalue weighted by molar-refractivity contribution is 8.00. The predicted octanol–water partition coefficient (Wildman–Crippen LogP) is 2.69. The first kappa shape index (κ1) is 13.2. The van der Waals surface area contributed by atoms with Gasteiger partial charge in [-0.25, -0.2) is 4.98 Å². The average Bonchev–Trinajstić information content (AvgIpc) is 3.11. The lowest BCUT2D eigenvalue weighted by molar-refractivity contribution is 0.385. The lowest BCUT2D eigenvalue weighted by Crippen LogP contribution is -1.90. The Kier molecular flexibility index (Phi) is 4.03. The van der Waals surface area contributed by atoms with E-state index >= 15 is 0 Å². The van der Waals surface area contributed by atoms with Crippen LogP contribution in [0.15, 0.2) is 32.6 Å². The molecule has 3 aromatic rings. The van der Waals surface area contributed by atoms with Crippen molar-refractivity contribution >= 4 is 23.1 Å². The van der Waals surface area contributed by atoms with Crippen molar-refractivity contribution in [3.8, 4) is 11.5 Å². The highest BCUT2D eigenvalue weighted by Crippen LogP contribution is 2.23. The Bertz CT molecular complexity index is 682. The third kappa shape index (κ3) is 3.02. The van der Waals surface area contributed by atoms with Gasteiger partial charge in [-0.3, -0.25) is 0 Å². The third-order valence-corrected chi connectivity index (χ3v) is 4.35. The first-order chi connectivity index (χ1) is 9.85. The van der Waals surface area contributed by atoms with Gasteiger partial charge in [-0.2, -0.15) is 10.1 Å². The normalized spacial score (nSPS) is 10.8. The maximum Gasteiger partial charge on any atom is 0.233 e. The maximum atomic E-state index is 5.22. The fourth-order valence-corrected chi connectivity index (χ4v) is 3.31. The molecule has 20 heavy (non-hydrogen) atoms. The molecule has 8 heteroatoms. The molecule has 0 saturated heterocycles. The Labute approximate surface area is 123 Å². The molecule has 0 N–H and O–H groups in total. The summed E-state index contributed by atoms with van der Waals surface area (Å²) in [4.78, 5) is 8.81. The van der Waals surface area contributed by atoms with Gasteiger partial charge < -0.3 is 4.52 Å². The molecule has 0 bridgehead atoms. The predicted molar refractivity (Wildman–Crippen MR) is 76.6 cm³/mol. The van der Waals surface area contributed by atoms with Crippen LogP contribution in [0.1, 0.15) is 18.5 Å². The van der Waals surface area contributed by atoms with Gasteiger partial charge in [0.05, 0.1) is 12.1 Å². The van der Waals surface area contributed by atoms with E-state index in [9.17, 15) is 0 Å². The van der Waals surface area contributed by atoms with Crippen LogP contribution in [0.25, 0.3) is 11.5 Å². The smallest absolute Gasteiger partial charge is 0.233 e. The molecule has 0 aliphatic heterocycles. The minimum Gasteiger partial charge on any atom is -0.338 e. The van der Waals surface area contributed by atoms with Gasteiger partial charge in [0.25, 0.3) is 0 Å². The Morgan fingerprint density at radius 2 is 2.30 bits per heavy atom. The lowest BCUT2D eigenvalue weighted by Gasteiger charge is -1.90. The summed E-state index contributed by atoms with van der Waals surface area (Å²) in [6.45, 7) is 2.11. The SMILES string of the molecule is CCSc1nc(Cc2nc(-c3cccnn3)no2)cs1. The van der Waals surface area contributed by atoms with Crippen molar-refractivity contribution in [2.24, 2.45) is 0 Å². The van der Waals surface area contributed by atoms with Crippen molar-refractivity contribution in [2.45, 2.75) is 17.7 Å². The summed E-state index contributed by atoms with van der Waals surface area (Å²) in [6.07, 6.45) is 2.14. The van der Waals surface area contributed by atoms with Crippen LogP contribution in [0.3, 0.4) is 0 Å². The summed E-state index contributed by atoms with van der Waals surface area (Å²) in [5.74, 6) is 2.00. The number of nitrogens with zero attached hydrogens (tertiary/aromatic N) is 5. The molecule has 0 amide bonds. The Morgan fingerprint density at radius 1 is 1.35 bits per heavy atom. The van der Waals surface area contributed by atoms with Crippen LogP contribution in [0, 0.1) is 0 Å². The molecule has 0 aromatic carbocycles. The maximum absolute atomic E-state index is 5.22. The van der Waals surface area contributed by atoms with Crippen LogP contribution in [-0.2, 0) is 6.42 Å². The van der Waals surface area contributed by atoms with Crippen molar-refractivity contribution in [3.63, 3.8) is 0 Å². The second-order valence-electron chi connectivity index (χ2n) is 3.84. The van der Waals surface area contributed by atoms with Crippen LogP contribution >= 0.6 is 23.1 Å². The van der Waals surface area contributed by atoms with Crippen molar-refractivity contribution in [1.82, 2.24) is 25.3 Å². The molecule has 0 aliphatic rings. The molecular formula is C12H11N5OS2. The molecule has 0 atom stereocenters. The van der Waals surface area contributed by atoms with E-state index < -0.39 is 0 Å². The molecule has 0 saturated carbocycles. The van der Waals surface area contributed by atoms with Gasteiger partial charge in [0.1, 0.15) is 10.0 Å². The minimum atomic E-state index is 0.450. The summed E-state index contributed by atoms with van der Waals surface area (Å²) in [6, 6.07) is 3.58. The van der Waals surface area contributed by atoms with Crippen molar-refractivity contribution in [3.05, 3.63) is 35.3 Å². The van der Waals surface area contributed by atoms with Gasteiger partial charge in [-0.05, 0) is 17.9 Å². The van der Waals surface area contributed by atoms with Gasteiger partial charge >= 0.3 is 0 Å². The van der Waals surface area contributed by atoms with Gasteiger partial charge in [0.15, 0.2) is 0 Å². The van der Waals surface area contributed by atoms with E-state index in [2.05, 4.69) is 32.2 Å². The number of thioether (sulfide) groups is 1. The van der Waals surface area contributed by atoms with Crippen LogP contribution in [0.2, 0.25) is 0 Å². The fourth-order valence-electron chi connectivity index (χ4n) is 1.57. The Morgan fingerprint density at radius 3 is 3.10 bits per heavy atom. The van der Waals surface area contributed by atoms with Gasteiger partial charge in [-0.15, -0.1) is 16.4 Å². The Hall–Kier alpha value is -1.80. The first-order valence-corrected chi connectivity index (χ1v) is 7.89. The largest absolute Gasteiger partial charge is 0.338 e. The monoisotopic (exact) mass is 305 g/mol. The van der Waals surface area contributed by atoms with E-state index in [1.165, 1.54) is 0 Å². The van der Waals surface area contributed by atoms with Crippen LogP contribution in [0.4, 0.5) is 0 Å². The van der Waals surface area contributed by atoms with Crippen LogP contribution in [0.5, 0.6) is 0 Å². The number of aromatic nitrogens is 5. The topological polar surface area (TPSA) is 77.6 Å². The average molecular weight is 305 g/mol. The molecule has 3 rings (SSSR count). The quantitative estimate of drug-likeness (QED) is 0.670. The highest BCUT2D eigenvalue weighted by atomic mass is 32.2. The van der Waals surface area contributed by atoms with Gasteiger partial charge in [0, 0.05) is 11.6 Å². The zero-order valence-electron chi connectivity index (χ0n) is 10.7. The van der Waals surface area contributed by atoms with Crippen molar-refractivity contribution < 1.29 is 4.52 Å². The lowest BCUT2D eigenvalue weighted by atomic mass is 10.3. The van der Waals surface area contributed by atoms with Crippen LogP contribution < -0.4 is 0 Å². The molecule has 0 unspecified atom stereocenters. The minimum absolute atomic E-state index is 0.450. The van der Waals surface area contributed by atoms with Gasteiger partial charge in [0.2, 0.25) is 11.7 Å². The van der Waals surface area contributed by atoms with Crippen molar-refractivity contribution in [2.75, 3.05) is 5.75 Å². The summed E-state index contributed by atoms with van der Waals surface area (Å²) in [5, 5.41) is 13.7. The standard InChI is InChI=1S/C12H11N5OS2/c1-2-19-12-14-8(7-20-12)6-10-15-11(17-18-10)9-4-3-5-13-16-9/h3-5,7H,2,6H2,1H3. The van der Waals surface area contributed by atoms with Crippen LogP contribution in [-0.4, -0.2) is 31.1 Å². The molecule has 0 fully saturated rings. The van der Waals surface area contributed by atoms with E-state index in [1.807, 2.05) is 5.38 Å². The zero-order valence-corrected chi connectivity index (χ0v) is 12.3.